The maximum atomic E-state index is 12.5. The first-order valence-electron chi connectivity index (χ1n) is 6.49. The number of ketones is 1. The highest BCUT2D eigenvalue weighted by Gasteiger charge is 2.23. The minimum atomic E-state index is -0.356. The van der Waals surface area contributed by atoms with Gasteiger partial charge in [-0.2, -0.15) is 0 Å². The van der Waals surface area contributed by atoms with Crippen LogP contribution >= 0.6 is 55.8 Å². The maximum absolute atomic E-state index is 12.5. The Labute approximate surface area is 151 Å². The van der Waals surface area contributed by atoms with Crippen LogP contribution < -0.4 is 0 Å². The molecule has 7 heteroatoms. The fourth-order valence-electron chi connectivity index (χ4n) is 1.73. The Balaban J connectivity index is 2.91. The average molecular weight is 455 g/mol. The second kappa shape index (κ2) is 8.50. The van der Waals surface area contributed by atoms with E-state index >= 15 is 0 Å². The Kier molecular flexibility index (Phi) is 7.67. The summed E-state index contributed by atoms with van der Waals surface area (Å²) in [6.45, 7) is 7.49. The lowest BCUT2D eigenvalue weighted by molar-refractivity contribution is 0.0991. The zero-order valence-corrected chi connectivity index (χ0v) is 16.8. The van der Waals surface area contributed by atoms with E-state index in [2.05, 4.69) is 31.9 Å². The summed E-state index contributed by atoms with van der Waals surface area (Å²) in [6, 6.07) is 3.32. The van der Waals surface area contributed by atoms with Gasteiger partial charge in [-0.3, -0.25) is 4.79 Å². The molecule has 0 saturated carbocycles. The zero-order valence-electron chi connectivity index (χ0n) is 12.0. The quantitative estimate of drug-likeness (QED) is 0.508. The van der Waals surface area contributed by atoms with Gasteiger partial charge in [-0.05, 0) is 48.8 Å². The van der Waals surface area contributed by atoms with E-state index in [1.165, 1.54) is 11.8 Å². The number of carbonyl (C=O) groups excluding carboxylic acids is 1. The van der Waals surface area contributed by atoms with Gasteiger partial charge in [0.2, 0.25) is 0 Å². The molecular weight excluding hydrogens is 438 g/mol. The van der Waals surface area contributed by atoms with Crippen LogP contribution in [0.15, 0.2) is 21.1 Å². The number of aromatic hydroxyl groups is 1. The molecule has 0 heterocycles. The van der Waals surface area contributed by atoms with Crippen LogP contribution in [0.4, 0.5) is 0 Å². The van der Waals surface area contributed by atoms with Crippen molar-refractivity contribution >= 4 is 65.9 Å². The largest absolute Gasteiger partial charge is 0.506 e. The smallest absolute Gasteiger partial charge is 0.179 e. The third-order valence-corrected chi connectivity index (χ3v) is 5.60. The first-order valence-corrected chi connectivity index (χ1v) is 9.36. The van der Waals surface area contributed by atoms with E-state index in [9.17, 15) is 9.90 Å². The van der Waals surface area contributed by atoms with Gasteiger partial charge in [0.1, 0.15) is 10.1 Å². The lowest BCUT2D eigenvalue weighted by atomic mass is 10.1. The van der Waals surface area contributed by atoms with Crippen molar-refractivity contribution in [3.8, 4) is 5.75 Å². The molecule has 0 amide bonds. The van der Waals surface area contributed by atoms with Crippen LogP contribution in [0.5, 0.6) is 5.75 Å². The van der Waals surface area contributed by atoms with E-state index in [-0.39, 0.29) is 16.8 Å². The summed E-state index contributed by atoms with van der Waals surface area (Å²) in [4.78, 5) is 14.5. The number of nitrogens with zero attached hydrogens (tertiary/aromatic N) is 1. The third kappa shape index (κ3) is 4.94. The van der Waals surface area contributed by atoms with E-state index in [1.807, 2.05) is 18.7 Å². The zero-order chi connectivity index (χ0) is 16.2. The first-order chi connectivity index (χ1) is 9.81. The van der Waals surface area contributed by atoms with Crippen molar-refractivity contribution in [2.45, 2.75) is 26.0 Å². The molecule has 116 valence electrons. The Morgan fingerprint density at radius 3 is 2.48 bits per heavy atom. The molecule has 0 unspecified atom stereocenters. The van der Waals surface area contributed by atoms with Gasteiger partial charge in [0.05, 0.1) is 15.3 Å². The topological polar surface area (TPSA) is 40.5 Å². The SMILES string of the molecule is CCN(CC)C(=S)S[C@@H](C)C(=O)c1cc(Br)cc(Br)c1O. The van der Waals surface area contributed by atoms with Gasteiger partial charge in [-0.1, -0.05) is 39.9 Å². The monoisotopic (exact) mass is 453 g/mol. The number of halogens is 2. The van der Waals surface area contributed by atoms with Crippen LogP contribution in [-0.2, 0) is 0 Å². The summed E-state index contributed by atoms with van der Waals surface area (Å²) in [5.74, 6) is -0.182. The fourth-order valence-corrected chi connectivity index (χ4v) is 4.59. The maximum Gasteiger partial charge on any atom is 0.179 e. The summed E-state index contributed by atoms with van der Waals surface area (Å²) in [7, 11) is 0. The molecule has 1 aromatic rings. The summed E-state index contributed by atoms with van der Waals surface area (Å²) in [5.41, 5.74) is 0.290. The number of carbonyl (C=O) groups is 1. The molecule has 21 heavy (non-hydrogen) atoms. The molecule has 1 aromatic carbocycles. The Bertz CT molecular complexity index is 548. The molecule has 0 aliphatic rings. The second-order valence-electron chi connectivity index (χ2n) is 4.35. The molecule has 0 fully saturated rings. The number of Topliss-reactive ketones (excluding diaryl/α,β-unsaturated/α-hetero) is 1. The normalized spacial score (nSPS) is 12.0. The van der Waals surface area contributed by atoms with E-state index in [0.717, 1.165) is 17.6 Å². The molecule has 1 N–H and O–H groups in total. The van der Waals surface area contributed by atoms with Gasteiger partial charge < -0.3 is 10.0 Å². The van der Waals surface area contributed by atoms with Crippen LogP contribution in [0, 0.1) is 0 Å². The summed E-state index contributed by atoms with van der Waals surface area (Å²) < 4.78 is 1.93. The lowest BCUT2D eigenvalue weighted by Gasteiger charge is -2.23. The van der Waals surface area contributed by atoms with E-state index in [0.29, 0.717) is 14.4 Å². The summed E-state index contributed by atoms with van der Waals surface area (Å²) >= 11 is 13.3. The molecule has 3 nitrogen and oxygen atoms in total. The number of phenolic OH excluding ortho intramolecular Hbond substituents is 1. The van der Waals surface area contributed by atoms with Gasteiger partial charge in [0.25, 0.3) is 0 Å². The lowest BCUT2D eigenvalue weighted by Crippen LogP contribution is -2.29. The number of benzene rings is 1. The van der Waals surface area contributed by atoms with Crippen molar-refractivity contribution in [1.29, 1.82) is 0 Å². The van der Waals surface area contributed by atoms with Gasteiger partial charge in [-0.25, -0.2) is 0 Å². The number of rotatable bonds is 5. The van der Waals surface area contributed by atoms with Crippen molar-refractivity contribution in [1.82, 2.24) is 4.90 Å². The Morgan fingerprint density at radius 1 is 1.38 bits per heavy atom. The molecular formula is C14H17Br2NO2S2. The predicted molar refractivity (Wildman–Crippen MR) is 100 cm³/mol. The molecule has 1 atom stereocenters. The van der Waals surface area contributed by atoms with E-state index in [1.54, 1.807) is 19.1 Å². The van der Waals surface area contributed by atoms with Crippen LogP contribution in [0.25, 0.3) is 0 Å². The number of thioether (sulfide) groups is 1. The summed E-state index contributed by atoms with van der Waals surface area (Å²) in [5, 5.41) is 9.68. The molecule has 0 aliphatic carbocycles. The minimum Gasteiger partial charge on any atom is -0.506 e. The van der Waals surface area contributed by atoms with E-state index < -0.39 is 0 Å². The predicted octanol–water partition coefficient (Wildman–Crippen LogP) is 4.85. The van der Waals surface area contributed by atoms with Gasteiger partial charge in [0.15, 0.2) is 5.78 Å². The van der Waals surface area contributed by atoms with Crippen molar-refractivity contribution in [3.63, 3.8) is 0 Å². The van der Waals surface area contributed by atoms with E-state index in [4.69, 9.17) is 12.2 Å². The number of thiocarbonyl (C=S) groups is 1. The molecule has 0 radical (unpaired) electrons. The Morgan fingerprint density at radius 2 is 1.95 bits per heavy atom. The average Bonchev–Trinajstić information content (AvgIpc) is 2.43. The van der Waals surface area contributed by atoms with Gasteiger partial charge >= 0.3 is 0 Å². The highest BCUT2D eigenvalue weighted by Crippen LogP contribution is 2.34. The van der Waals surface area contributed by atoms with Crippen molar-refractivity contribution in [2.75, 3.05) is 13.1 Å². The molecule has 1 rings (SSSR count). The highest BCUT2D eigenvalue weighted by molar-refractivity contribution is 9.11. The molecule has 0 saturated heterocycles. The van der Waals surface area contributed by atoms with Gasteiger partial charge in [0, 0.05) is 17.6 Å². The number of phenols is 1. The standard InChI is InChI=1S/C14H17Br2NO2S2/c1-4-17(5-2)14(20)21-8(3)12(18)10-6-9(15)7-11(16)13(10)19/h6-8,19H,4-5H2,1-3H3/t8-/m0/s1. The molecule has 0 aliphatic heterocycles. The second-order valence-corrected chi connectivity index (χ2v) is 8.09. The molecule has 0 bridgehead atoms. The van der Waals surface area contributed by atoms with Crippen molar-refractivity contribution in [3.05, 3.63) is 26.6 Å². The van der Waals surface area contributed by atoms with Crippen molar-refractivity contribution < 1.29 is 9.90 Å². The molecule has 0 spiro atoms. The number of hydrogen-bond donors (Lipinski definition) is 1. The van der Waals surface area contributed by atoms with Gasteiger partial charge in [-0.15, -0.1) is 0 Å². The minimum absolute atomic E-state index is 0.0376. The fraction of sp³-hybridized carbons (Fsp3) is 0.429. The van der Waals surface area contributed by atoms with Crippen LogP contribution in [0.1, 0.15) is 31.1 Å². The molecule has 0 aromatic heterocycles. The first kappa shape index (κ1) is 18.9. The highest BCUT2D eigenvalue weighted by atomic mass is 79.9. The summed E-state index contributed by atoms with van der Waals surface area (Å²) in [6.07, 6.45) is 0. The third-order valence-electron chi connectivity index (χ3n) is 2.96. The number of hydrogen-bond acceptors (Lipinski definition) is 4. The van der Waals surface area contributed by atoms with Crippen LogP contribution in [0.2, 0.25) is 0 Å². The van der Waals surface area contributed by atoms with Crippen molar-refractivity contribution in [2.24, 2.45) is 0 Å². The Hall–Kier alpha value is -0.110. The van der Waals surface area contributed by atoms with Crippen LogP contribution in [-0.4, -0.2) is 38.4 Å². The van der Waals surface area contributed by atoms with Crippen LogP contribution in [0.3, 0.4) is 0 Å².